The van der Waals surface area contributed by atoms with Crippen molar-refractivity contribution in [3.05, 3.63) is 95.3 Å². The smallest absolute Gasteiger partial charge is 0.252 e. The molecule has 0 saturated carbocycles. The van der Waals surface area contributed by atoms with Gasteiger partial charge in [-0.05, 0) is 48.4 Å². The van der Waals surface area contributed by atoms with Crippen LogP contribution in [0, 0.1) is 0 Å². The fourth-order valence-corrected chi connectivity index (χ4v) is 3.56. The quantitative estimate of drug-likeness (QED) is 0.457. The van der Waals surface area contributed by atoms with Gasteiger partial charge in [0.05, 0.1) is 22.8 Å². The fraction of sp³-hybridized carbons (Fsp3) is 0.125. The van der Waals surface area contributed by atoms with Crippen LogP contribution in [0.4, 0.5) is 0 Å². The molecular formula is C24H20ClN3O. The molecule has 4 aromatic rings. The molecule has 144 valence electrons. The Bertz CT molecular complexity index is 1150. The lowest BCUT2D eigenvalue weighted by Gasteiger charge is -2.18. The van der Waals surface area contributed by atoms with Gasteiger partial charge in [-0.25, -0.2) is 4.98 Å². The van der Waals surface area contributed by atoms with Crippen LogP contribution in [0.2, 0.25) is 5.02 Å². The number of carbonyl (C=O) groups excluding carboxylic acids is 1. The number of fused-ring (bicyclic) bond motifs is 1. The monoisotopic (exact) mass is 401 g/mol. The van der Waals surface area contributed by atoms with Crippen LogP contribution in [0.5, 0.6) is 0 Å². The Balaban J connectivity index is 1.78. The highest BCUT2D eigenvalue weighted by Gasteiger charge is 2.18. The summed E-state index contributed by atoms with van der Waals surface area (Å²) in [5.74, 6) is -0.152. The zero-order valence-corrected chi connectivity index (χ0v) is 16.7. The second-order valence-corrected chi connectivity index (χ2v) is 7.24. The Kier molecular flexibility index (Phi) is 5.54. The number of amides is 1. The molecule has 0 aliphatic rings. The normalized spacial score (nSPS) is 11.9. The largest absolute Gasteiger partial charge is 0.345 e. The van der Waals surface area contributed by atoms with Crippen LogP contribution in [-0.2, 0) is 0 Å². The van der Waals surface area contributed by atoms with Crippen molar-refractivity contribution in [2.75, 3.05) is 0 Å². The molecule has 4 rings (SSSR count). The average molecular weight is 402 g/mol. The van der Waals surface area contributed by atoms with Gasteiger partial charge in [0.25, 0.3) is 5.91 Å². The first-order chi connectivity index (χ1) is 14.2. The average Bonchev–Trinajstić information content (AvgIpc) is 2.77. The maximum atomic E-state index is 13.3. The molecule has 0 spiro atoms. The Morgan fingerprint density at radius 2 is 1.90 bits per heavy atom. The van der Waals surface area contributed by atoms with Crippen LogP contribution < -0.4 is 5.32 Å². The molecular weight excluding hydrogens is 382 g/mol. The van der Waals surface area contributed by atoms with E-state index in [1.165, 1.54) is 0 Å². The summed E-state index contributed by atoms with van der Waals surface area (Å²) >= 11 is 6.21. The summed E-state index contributed by atoms with van der Waals surface area (Å²) in [5.41, 5.74) is 3.89. The molecule has 0 aliphatic heterocycles. The van der Waals surface area contributed by atoms with E-state index >= 15 is 0 Å². The maximum absolute atomic E-state index is 13.3. The molecule has 0 radical (unpaired) electrons. The van der Waals surface area contributed by atoms with Gasteiger partial charge in [0, 0.05) is 28.4 Å². The number of rotatable bonds is 5. The number of nitrogens with zero attached hydrogens (tertiary/aromatic N) is 2. The molecule has 29 heavy (non-hydrogen) atoms. The third-order valence-electron chi connectivity index (χ3n) is 4.89. The van der Waals surface area contributed by atoms with Crippen molar-refractivity contribution < 1.29 is 4.79 Å². The van der Waals surface area contributed by atoms with Crippen molar-refractivity contribution in [2.24, 2.45) is 0 Å². The summed E-state index contributed by atoms with van der Waals surface area (Å²) in [6.07, 6.45) is 4.24. The lowest BCUT2D eigenvalue weighted by atomic mass is 10.0. The predicted molar refractivity (Wildman–Crippen MR) is 117 cm³/mol. The van der Waals surface area contributed by atoms with Gasteiger partial charge in [0.1, 0.15) is 0 Å². The number of pyridine rings is 2. The maximum Gasteiger partial charge on any atom is 0.252 e. The Morgan fingerprint density at radius 3 is 2.62 bits per heavy atom. The van der Waals surface area contributed by atoms with Crippen molar-refractivity contribution in [1.82, 2.24) is 15.3 Å². The van der Waals surface area contributed by atoms with E-state index in [-0.39, 0.29) is 11.9 Å². The van der Waals surface area contributed by atoms with Crippen molar-refractivity contribution in [2.45, 2.75) is 19.4 Å². The molecule has 0 aliphatic carbocycles. The molecule has 2 heterocycles. The minimum atomic E-state index is -0.152. The molecule has 1 unspecified atom stereocenters. The third-order valence-corrected chi connectivity index (χ3v) is 5.12. The highest BCUT2D eigenvalue weighted by Crippen LogP contribution is 2.27. The van der Waals surface area contributed by atoms with Gasteiger partial charge >= 0.3 is 0 Å². The van der Waals surface area contributed by atoms with Gasteiger partial charge in [0.15, 0.2) is 0 Å². The highest BCUT2D eigenvalue weighted by molar-refractivity contribution is 6.31. The van der Waals surface area contributed by atoms with E-state index in [0.29, 0.717) is 21.8 Å². The minimum Gasteiger partial charge on any atom is -0.345 e. The van der Waals surface area contributed by atoms with E-state index in [9.17, 15) is 4.79 Å². The first kappa shape index (κ1) is 19.1. The summed E-state index contributed by atoms with van der Waals surface area (Å²) in [6.45, 7) is 2.06. The van der Waals surface area contributed by atoms with Gasteiger partial charge in [-0.1, -0.05) is 48.9 Å². The SMILES string of the molecule is CCC(NC(=O)c1cc(-c2cccnc2)nc2ccc(Cl)cc12)c1ccccc1. The predicted octanol–water partition coefficient (Wildman–Crippen LogP) is 5.83. The molecule has 1 atom stereocenters. The molecule has 2 aromatic carbocycles. The fourth-order valence-electron chi connectivity index (χ4n) is 3.39. The van der Waals surface area contributed by atoms with Crippen molar-refractivity contribution in [1.29, 1.82) is 0 Å². The van der Waals surface area contributed by atoms with Crippen LogP contribution in [0.3, 0.4) is 0 Å². The van der Waals surface area contributed by atoms with E-state index in [0.717, 1.165) is 22.9 Å². The van der Waals surface area contributed by atoms with Crippen molar-refractivity contribution >= 4 is 28.4 Å². The highest BCUT2D eigenvalue weighted by atomic mass is 35.5. The number of hydrogen-bond donors (Lipinski definition) is 1. The summed E-state index contributed by atoms with van der Waals surface area (Å²) in [5, 5.41) is 4.46. The van der Waals surface area contributed by atoms with E-state index in [1.807, 2.05) is 54.6 Å². The van der Waals surface area contributed by atoms with Crippen LogP contribution in [-0.4, -0.2) is 15.9 Å². The number of nitrogens with one attached hydrogen (secondary N) is 1. The second kappa shape index (κ2) is 8.41. The van der Waals surface area contributed by atoms with E-state index in [4.69, 9.17) is 16.6 Å². The molecule has 0 saturated heterocycles. The number of benzene rings is 2. The van der Waals surface area contributed by atoms with Gasteiger partial charge in [0.2, 0.25) is 0 Å². The molecule has 2 aromatic heterocycles. The minimum absolute atomic E-state index is 0.0760. The van der Waals surface area contributed by atoms with Gasteiger partial charge < -0.3 is 5.32 Å². The second-order valence-electron chi connectivity index (χ2n) is 6.80. The van der Waals surface area contributed by atoms with Crippen LogP contribution >= 0.6 is 11.6 Å². The van der Waals surface area contributed by atoms with Gasteiger partial charge in [-0.3, -0.25) is 9.78 Å². The topological polar surface area (TPSA) is 54.9 Å². The number of aromatic nitrogens is 2. The molecule has 0 fully saturated rings. The van der Waals surface area contributed by atoms with Gasteiger partial charge in [-0.2, -0.15) is 0 Å². The molecule has 1 N–H and O–H groups in total. The Labute approximate surface area is 174 Å². The summed E-state index contributed by atoms with van der Waals surface area (Å²) in [6, 6.07) is 20.9. The summed E-state index contributed by atoms with van der Waals surface area (Å²) in [7, 11) is 0. The third kappa shape index (κ3) is 4.13. The van der Waals surface area contributed by atoms with Crippen molar-refractivity contribution in [3.8, 4) is 11.3 Å². The standard InChI is InChI=1S/C24H20ClN3O/c1-2-21(16-7-4-3-5-8-16)28-24(29)20-14-23(17-9-6-12-26-15-17)27-22-11-10-18(25)13-19(20)22/h3-15,21H,2H2,1H3,(H,28,29). The zero-order chi connectivity index (χ0) is 20.2. The Hall–Kier alpha value is -3.24. The van der Waals surface area contributed by atoms with Gasteiger partial charge in [-0.15, -0.1) is 0 Å². The first-order valence-electron chi connectivity index (χ1n) is 9.52. The first-order valence-corrected chi connectivity index (χ1v) is 9.90. The van der Waals surface area contributed by atoms with Crippen LogP contribution in [0.25, 0.3) is 22.2 Å². The van der Waals surface area contributed by atoms with Crippen LogP contribution in [0.15, 0.2) is 79.1 Å². The van der Waals surface area contributed by atoms with Crippen LogP contribution in [0.1, 0.15) is 35.3 Å². The van der Waals surface area contributed by atoms with E-state index in [2.05, 4.69) is 17.2 Å². The lowest BCUT2D eigenvalue weighted by molar-refractivity contribution is 0.0937. The van der Waals surface area contributed by atoms with Crippen molar-refractivity contribution in [3.63, 3.8) is 0 Å². The summed E-state index contributed by atoms with van der Waals surface area (Å²) in [4.78, 5) is 22.2. The molecule has 1 amide bonds. The molecule has 4 nitrogen and oxygen atoms in total. The molecule has 5 heteroatoms. The lowest BCUT2D eigenvalue weighted by Crippen LogP contribution is -2.28. The number of halogens is 1. The number of hydrogen-bond acceptors (Lipinski definition) is 3. The Morgan fingerprint density at radius 1 is 1.07 bits per heavy atom. The molecule has 0 bridgehead atoms. The zero-order valence-electron chi connectivity index (χ0n) is 16.0. The summed E-state index contributed by atoms with van der Waals surface area (Å²) < 4.78 is 0. The van der Waals surface area contributed by atoms with E-state index < -0.39 is 0 Å². The number of carbonyl (C=O) groups is 1. The van der Waals surface area contributed by atoms with E-state index in [1.54, 1.807) is 24.5 Å².